The quantitative estimate of drug-likeness (QED) is 0.415. The largest absolute Gasteiger partial charge is 0.489 e. The summed E-state index contributed by atoms with van der Waals surface area (Å²) in [5.41, 5.74) is 2.74. The summed E-state index contributed by atoms with van der Waals surface area (Å²) in [6.45, 7) is 3.07. The number of ether oxygens (including phenoxy) is 2. The highest BCUT2D eigenvalue weighted by Crippen LogP contribution is 2.26. The summed E-state index contributed by atoms with van der Waals surface area (Å²) in [7, 11) is 0. The SMILES string of the molecule is O=C(NCc1cccc(COc2ccccc2)c1)c1cc([N+](=O)[O-])ccc1N1CCOCC1. The molecular formula is C25H25N3O5. The van der Waals surface area contributed by atoms with Crippen molar-refractivity contribution in [3.05, 3.63) is 99.6 Å². The van der Waals surface area contributed by atoms with Gasteiger partial charge in [0.1, 0.15) is 12.4 Å². The molecule has 1 amide bonds. The Bertz CT molecular complexity index is 1110. The highest BCUT2D eigenvalue weighted by Gasteiger charge is 2.22. The van der Waals surface area contributed by atoms with Crippen LogP contribution in [0.4, 0.5) is 11.4 Å². The fraction of sp³-hybridized carbons (Fsp3) is 0.240. The molecule has 0 aromatic heterocycles. The molecule has 0 saturated carbocycles. The van der Waals surface area contributed by atoms with E-state index in [0.29, 0.717) is 45.1 Å². The molecule has 3 aromatic carbocycles. The Morgan fingerprint density at radius 1 is 1.00 bits per heavy atom. The normalized spacial score (nSPS) is 13.4. The van der Waals surface area contributed by atoms with Crippen LogP contribution in [0.15, 0.2) is 72.8 Å². The van der Waals surface area contributed by atoms with Gasteiger partial charge in [0.2, 0.25) is 0 Å². The smallest absolute Gasteiger partial charge is 0.270 e. The van der Waals surface area contributed by atoms with Crippen molar-refractivity contribution in [2.75, 3.05) is 31.2 Å². The van der Waals surface area contributed by atoms with Gasteiger partial charge in [-0.3, -0.25) is 14.9 Å². The van der Waals surface area contributed by atoms with Gasteiger partial charge in [-0.15, -0.1) is 0 Å². The number of nitrogens with one attached hydrogen (secondary N) is 1. The molecule has 170 valence electrons. The molecule has 33 heavy (non-hydrogen) atoms. The van der Waals surface area contributed by atoms with E-state index in [1.54, 1.807) is 6.07 Å². The van der Waals surface area contributed by atoms with Gasteiger partial charge in [0, 0.05) is 31.8 Å². The summed E-state index contributed by atoms with van der Waals surface area (Å²) in [6, 6.07) is 21.7. The molecule has 3 aromatic rings. The van der Waals surface area contributed by atoms with Gasteiger partial charge in [0.05, 0.1) is 29.4 Å². The highest BCUT2D eigenvalue weighted by molar-refractivity contribution is 6.00. The van der Waals surface area contributed by atoms with Gasteiger partial charge < -0.3 is 19.7 Å². The van der Waals surface area contributed by atoms with E-state index in [-0.39, 0.29) is 17.2 Å². The van der Waals surface area contributed by atoms with Crippen LogP contribution in [0.25, 0.3) is 0 Å². The fourth-order valence-corrected chi connectivity index (χ4v) is 3.69. The molecule has 1 fully saturated rings. The maximum Gasteiger partial charge on any atom is 0.270 e. The average molecular weight is 447 g/mol. The molecule has 1 saturated heterocycles. The third-order valence-corrected chi connectivity index (χ3v) is 5.38. The minimum Gasteiger partial charge on any atom is -0.489 e. The molecule has 4 rings (SSSR count). The van der Waals surface area contributed by atoms with Crippen molar-refractivity contribution in [1.29, 1.82) is 0 Å². The number of nitro benzene ring substituents is 1. The van der Waals surface area contributed by atoms with Crippen molar-refractivity contribution in [2.24, 2.45) is 0 Å². The number of non-ortho nitro benzene ring substituents is 1. The molecule has 0 aliphatic carbocycles. The predicted molar refractivity (Wildman–Crippen MR) is 125 cm³/mol. The van der Waals surface area contributed by atoms with E-state index < -0.39 is 4.92 Å². The number of anilines is 1. The van der Waals surface area contributed by atoms with Gasteiger partial charge in [-0.2, -0.15) is 0 Å². The monoisotopic (exact) mass is 447 g/mol. The lowest BCUT2D eigenvalue weighted by Crippen LogP contribution is -2.38. The number of amides is 1. The number of morpholine rings is 1. The van der Waals surface area contributed by atoms with Crippen molar-refractivity contribution in [3.8, 4) is 5.75 Å². The van der Waals surface area contributed by atoms with Gasteiger partial charge >= 0.3 is 0 Å². The lowest BCUT2D eigenvalue weighted by molar-refractivity contribution is -0.384. The van der Waals surface area contributed by atoms with Crippen LogP contribution < -0.4 is 15.0 Å². The average Bonchev–Trinajstić information content (AvgIpc) is 2.87. The predicted octanol–water partition coefficient (Wildman–Crippen LogP) is 3.94. The van der Waals surface area contributed by atoms with E-state index in [2.05, 4.69) is 5.32 Å². The Hall–Kier alpha value is -3.91. The van der Waals surface area contributed by atoms with Gasteiger partial charge in [0.15, 0.2) is 0 Å². The summed E-state index contributed by atoms with van der Waals surface area (Å²) in [6.07, 6.45) is 0. The van der Waals surface area contributed by atoms with Crippen LogP contribution in [-0.4, -0.2) is 37.1 Å². The molecule has 0 radical (unpaired) electrons. The first-order valence-electron chi connectivity index (χ1n) is 10.7. The number of hydrogen-bond donors (Lipinski definition) is 1. The number of benzene rings is 3. The molecule has 1 aliphatic heterocycles. The molecular weight excluding hydrogens is 422 g/mol. The van der Waals surface area contributed by atoms with E-state index in [9.17, 15) is 14.9 Å². The second-order valence-corrected chi connectivity index (χ2v) is 7.66. The Kier molecular flexibility index (Phi) is 7.16. The Balaban J connectivity index is 1.45. The summed E-state index contributed by atoms with van der Waals surface area (Å²) in [5.74, 6) is 0.434. The summed E-state index contributed by atoms with van der Waals surface area (Å²) in [5, 5.41) is 14.2. The van der Waals surface area contributed by atoms with Crippen LogP contribution in [0.3, 0.4) is 0 Å². The molecule has 1 N–H and O–H groups in total. The summed E-state index contributed by atoms with van der Waals surface area (Å²) >= 11 is 0. The molecule has 0 atom stereocenters. The maximum absolute atomic E-state index is 13.0. The van der Waals surface area contributed by atoms with Gasteiger partial charge in [-0.25, -0.2) is 0 Å². The van der Waals surface area contributed by atoms with Gasteiger partial charge in [0.25, 0.3) is 11.6 Å². The molecule has 8 heteroatoms. The molecule has 0 spiro atoms. The number of rotatable bonds is 8. The summed E-state index contributed by atoms with van der Waals surface area (Å²) < 4.78 is 11.2. The van der Waals surface area contributed by atoms with Crippen LogP contribution in [0.1, 0.15) is 21.5 Å². The van der Waals surface area contributed by atoms with Crippen LogP contribution in [0, 0.1) is 10.1 Å². The molecule has 0 unspecified atom stereocenters. The number of carbonyl (C=O) groups excluding carboxylic acids is 1. The zero-order valence-corrected chi connectivity index (χ0v) is 18.1. The maximum atomic E-state index is 13.0. The number of nitro groups is 1. The highest BCUT2D eigenvalue weighted by atomic mass is 16.6. The number of carbonyl (C=O) groups is 1. The number of para-hydroxylation sites is 1. The van der Waals surface area contributed by atoms with Crippen molar-refractivity contribution < 1.29 is 19.2 Å². The van der Waals surface area contributed by atoms with Gasteiger partial charge in [-0.05, 0) is 29.3 Å². The molecule has 0 bridgehead atoms. The minimum atomic E-state index is -0.490. The zero-order chi connectivity index (χ0) is 23.0. The molecule has 1 aliphatic rings. The van der Waals surface area contributed by atoms with Crippen molar-refractivity contribution in [3.63, 3.8) is 0 Å². The van der Waals surface area contributed by atoms with Crippen molar-refractivity contribution in [2.45, 2.75) is 13.2 Å². The fourth-order valence-electron chi connectivity index (χ4n) is 3.69. The second kappa shape index (κ2) is 10.6. The van der Waals surface area contributed by atoms with Gasteiger partial charge in [-0.1, -0.05) is 42.5 Å². The minimum absolute atomic E-state index is 0.114. The first-order valence-corrected chi connectivity index (χ1v) is 10.7. The third-order valence-electron chi connectivity index (χ3n) is 5.38. The first kappa shape index (κ1) is 22.3. The van der Waals surface area contributed by atoms with E-state index >= 15 is 0 Å². The van der Waals surface area contributed by atoms with Crippen LogP contribution in [0.5, 0.6) is 5.75 Å². The first-order chi connectivity index (χ1) is 16.1. The van der Waals surface area contributed by atoms with E-state index in [0.717, 1.165) is 16.9 Å². The standard InChI is InChI=1S/C25H25N3O5/c29-25(23-16-21(28(30)31)9-10-24(23)27-11-13-32-14-12-27)26-17-19-5-4-6-20(15-19)18-33-22-7-2-1-3-8-22/h1-10,15-16H,11-14,17-18H2,(H,26,29). The molecule has 8 nitrogen and oxygen atoms in total. The third kappa shape index (κ3) is 5.87. The topological polar surface area (TPSA) is 93.9 Å². The van der Waals surface area contributed by atoms with Crippen molar-refractivity contribution >= 4 is 17.3 Å². The van der Waals surface area contributed by atoms with E-state index in [1.807, 2.05) is 59.5 Å². The molecule has 1 heterocycles. The second-order valence-electron chi connectivity index (χ2n) is 7.66. The lowest BCUT2D eigenvalue weighted by Gasteiger charge is -2.30. The Morgan fingerprint density at radius 2 is 1.76 bits per heavy atom. The van der Waals surface area contributed by atoms with Crippen LogP contribution in [-0.2, 0) is 17.9 Å². The van der Waals surface area contributed by atoms with Crippen LogP contribution in [0.2, 0.25) is 0 Å². The van der Waals surface area contributed by atoms with E-state index in [4.69, 9.17) is 9.47 Å². The Morgan fingerprint density at radius 3 is 2.52 bits per heavy atom. The number of hydrogen-bond acceptors (Lipinski definition) is 6. The van der Waals surface area contributed by atoms with Crippen LogP contribution >= 0.6 is 0 Å². The summed E-state index contributed by atoms with van der Waals surface area (Å²) in [4.78, 5) is 25.8. The Labute approximate surface area is 191 Å². The van der Waals surface area contributed by atoms with Crippen molar-refractivity contribution in [1.82, 2.24) is 5.32 Å². The van der Waals surface area contributed by atoms with E-state index in [1.165, 1.54) is 12.1 Å². The lowest BCUT2D eigenvalue weighted by atomic mass is 10.1. The zero-order valence-electron chi connectivity index (χ0n) is 18.1. The number of nitrogens with zero attached hydrogens (tertiary/aromatic N) is 2.